The third-order valence-electron chi connectivity index (χ3n) is 4.57. The zero-order valence-electron chi connectivity index (χ0n) is 17.3. The summed E-state index contributed by atoms with van der Waals surface area (Å²) in [4.78, 5) is 12.0. The first kappa shape index (κ1) is 23.6. The van der Waals surface area contributed by atoms with Gasteiger partial charge in [-0.1, -0.05) is 41.9 Å². The Kier molecular flexibility index (Phi) is 7.71. The molecule has 1 amide bonds. The molecule has 0 heterocycles. The highest BCUT2D eigenvalue weighted by Gasteiger charge is 2.19. The summed E-state index contributed by atoms with van der Waals surface area (Å²) in [5, 5.41) is 3.36. The number of nitrogens with zero attached hydrogens (tertiary/aromatic N) is 1. The van der Waals surface area contributed by atoms with Crippen LogP contribution in [0.3, 0.4) is 0 Å². The van der Waals surface area contributed by atoms with Crippen LogP contribution in [0, 0.1) is 5.82 Å². The quantitative estimate of drug-likeness (QED) is 0.503. The monoisotopic (exact) mass is 476 g/mol. The molecular weight excluding hydrogens is 455 g/mol. The number of sulfonamides is 1. The van der Waals surface area contributed by atoms with E-state index in [4.69, 9.17) is 16.3 Å². The Morgan fingerprint density at radius 3 is 2.31 bits per heavy atom. The largest absolute Gasteiger partial charge is 0.484 e. The predicted molar refractivity (Wildman–Crippen MR) is 123 cm³/mol. The molecule has 0 aromatic heterocycles. The molecule has 0 saturated carbocycles. The number of carbonyl (C=O) groups is 1. The van der Waals surface area contributed by atoms with Gasteiger partial charge in [0.25, 0.3) is 5.91 Å². The molecule has 32 heavy (non-hydrogen) atoms. The van der Waals surface area contributed by atoms with E-state index >= 15 is 0 Å². The molecule has 3 rings (SSSR count). The van der Waals surface area contributed by atoms with Crippen molar-refractivity contribution in [2.75, 3.05) is 17.2 Å². The van der Waals surface area contributed by atoms with Crippen molar-refractivity contribution in [2.45, 2.75) is 13.1 Å². The number of nitrogens with one attached hydrogen (secondary N) is 1. The number of carbonyl (C=O) groups excluding carboxylic acids is 1. The van der Waals surface area contributed by atoms with Crippen molar-refractivity contribution < 1.29 is 22.3 Å². The Morgan fingerprint density at radius 1 is 1.03 bits per heavy atom. The number of anilines is 1. The molecule has 0 aliphatic rings. The maximum Gasteiger partial charge on any atom is 0.258 e. The lowest BCUT2D eigenvalue weighted by atomic mass is 10.2. The van der Waals surface area contributed by atoms with Gasteiger partial charge >= 0.3 is 0 Å². The van der Waals surface area contributed by atoms with Gasteiger partial charge in [0.2, 0.25) is 10.0 Å². The second-order valence-corrected chi connectivity index (χ2v) is 9.39. The van der Waals surface area contributed by atoms with Crippen molar-refractivity contribution in [1.82, 2.24) is 5.32 Å². The molecule has 0 unspecified atom stereocenters. The van der Waals surface area contributed by atoms with E-state index in [0.29, 0.717) is 23.0 Å². The third-order valence-corrected chi connectivity index (χ3v) is 5.96. The first-order chi connectivity index (χ1) is 15.2. The van der Waals surface area contributed by atoms with Crippen LogP contribution >= 0.6 is 11.6 Å². The average molecular weight is 477 g/mol. The number of benzene rings is 3. The van der Waals surface area contributed by atoms with Crippen LogP contribution in [0.5, 0.6) is 5.75 Å². The van der Waals surface area contributed by atoms with Crippen molar-refractivity contribution in [3.63, 3.8) is 0 Å². The summed E-state index contributed by atoms with van der Waals surface area (Å²) < 4.78 is 45.1. The smallest absolute Gasteiger partial charge is 0.258 e. The van der Waals surface area contributed by atoms with Gasteiger partial charge in [-0.25, -0.2) is 12.8 Å². The van der Waals surface area contributed by atoms with E-state index in [0.717, 1.165) is 16.1 Å². The van der Waals surface area contributed by atoms with Crippen molar-refractivity contribution in [1.29, 1.82) is 0 Å². The fourth-order valence-electron chi connectivity index (χ4n) is 2.89. The number of hydrogen-bond donors (Lipinski definition) is 1. The van der Waals surface area contributed by atoms with Crippen LogP contribution in [0.2, 0.25) is 5.02 Å². The molecule has 168 valence electrons. The molecule has 3 aromatic rings. The first-order valence-corrected chi connectivity index (χ1v) is 11.9. The Balaban J connectivity index is 1.59. The molecule has 0 aliphatic heterocycles. The van der Waals surface area contributed by atoms with E-state index in [1.165, 1.54) is 12.1 Å². The van der Waals surface area contributed by atoms with Gasteiger partial charge in [0.15, 0.2) is 6.61 Å². The highest BCUT2D eigenvalue weighted by atomic mass is 35.5. The van der Waals surface area contributed by atoms with Gasteiger partial charge in [-0.15, -0.1) is 0 Å². The van der Waals surface area contributed by atoms with Gasteiger partial charge < -0.3 is 10.1 Å². The average Bonchev–Trinajstić information content (AvgIpc) is 2.76. The van der Waals surface area contributed by atoms with Gasteiger partial charge in [-0.3, -0.25) is 9.10 Å². The Bertz CT molecular complexity index is 1170. The minimum absolute atomic E-state index is 0.140. The summed E-state index contributed by atoms with van der Waals surface area (Å²) in [5.74, 6) is -0.387. The van der Waals surface area contributed by atoms with Crippen LogP contribution in [0.1, 0.15) is 11.1 Å². The summed E-state index contributed by atoms with van der Waals surface area (Å²) in [5.41, 5.74) is 1.52. The predicted octanol–water partition coefficient (Wildman–Crippen LogP) is 4.14. The lowest BCUT2D eigenvalue weighted by Crippen LogP contribution is -2.29. The minimum atomic E-state index is -3.65. The highest BCUT2D eigenvalue weighted by molar-refractivity contribution is 7.92. The van der Waals surface area contributed by atoms with Crippen LogP contribution in [-0.4, -0.2) is 27.2 Å². The molecule has 0 spiro atoms. The number of ether oxygens (including phenoxy) is 1. The molecule has 0 fully saturated rings. The fraction of sp³-hybridized carbons (Fsp3) is 0.174. The van der Waals surface area contributed by atoms with E-state index in [-0.39, 0.29) is 24.6 Å². The minimum Gasteiger partial charge on any atom is -0.484 e. The van der Waals surface area contributed by atoms with Crippen molar-refractivity contribution in [2.24, 2.45) is 0 Å². The highest BCUT2D eigenvalue weighted by Crippen LogP contribution is 2.24. The summed E-state index contributed by atoms with van der Waals surface area (Å²) >= 11 is 5.83. The Morgan fingerprint density at radius 2 is 1.69 bits per heavy atom. The van der Waals surface area contributed by atoms with E-state index in [9.17, 15) is 17.6 Å². The molecule has 1 N–H and O–H groups in total. The summed E-state index contributed by atoms with van der Waals surface area (Å²) in [6.45, 7) is 0.00837. The molecule has 3 aromatic carbocycles. The molecule has 0 atom stereocenters. The Labute approximate surface area is 191 Å². The van der Waals surface area contributed by atoms with Crippen molar-refractivity contribution in [3.8, 4) is 5.75 Å². The number of rotatable bonds is 9. The summed E-state index contributed by atoms with van der Waals surface area (Å²) in [7, 11) is -3.65. The van der Waals surface area contributed by atoms with Crippen molar-refractivity contribution >= 4 is 33.2 Å². The topological polar surface area (TPSA) is 75.7 Å². The second kappa shape index (κ2) is 10.5. The molecule has 6 nitrogen and oxygen atoms in total. The van der Waals surface area contributed by atoms with Gasteiger partial charge in [0.1, 0.15) is 11.6 Å². The van der Waals surface area contributed by atoms with Crippen LogP contribution in [0.15, 0.2) is 72.8 Å². The van der Waals surface area contributed by atoms with Gasteiger partial charge in [-0.2, -0.15) is 0 Å². The molecule has 0 saturated heterocycles. The van der Waals surface area contributed by atoms with Crippen LogP contribution in [0.4, 0.5) is 10.1 Å². The zero-order chi connectivity index (χ0) is 23.1. The lowest BCUT2D eigenvalue weighted by molar-refractivity contribution is -0.123. The summed E-state index contributed by atoms with van der Waals surface area (Å²) in [6, 6.07) is 19.3. The standard InChI is InChI=1S/C23H22ClFN2O4S/c1-32(29,30)27(15-18-4-2-3-5-22(18)25)20-10-12-21(13-11-20)31-16-23(28)26-14-17-6-8-19(24)9-7-17/h2-13H,14-16H2,1H3,(H,26,28). The van der Waals surface area contributed by atoms with Crippen molar-refractivity contribution in [3.05, 3.63) is 94.8 Å². The Hall–Kier alpha value is -3.10. The maximum absolute atomic E-state index is 14.0. The van der Waals surface area contributed by atoms with Crippen LogP contribution in [-0.2, 0) is 27.9 Å². The molecule has 0 bridgehead atoms. The molecule has 9 heteroatoms. The first-order valence-electron chi connectivity index (χ1n) is 9.67. The number of halogens is 2. The number of amides is 1. The van der Waals surface area contributed by atoms with E-state index in [1.54, 1.807) is 48.5 Å². The number of hydrogen-bond acceptors (Lipinski definition) is 4. The zero-order valence-corrected chi connectivity index (χ0v) is 18.9. The molecule has 0 radical (unpaired) electrons. The normalized spacial score (nSPS) is 11.1. The lowest BCUT2D eigenvalue weighted by Gasteiger charge is -2.23. The van der Waals surface area contributed by atoms with E-state index < -0.39 is 15.8 Å². The van der Waals surface area contributed by atoms with Crippen LogP contribution in [0.25, 0.3) is 0 Å². The SMILES string of the molecule is CS(=O)(=O)N(Cc1ccccc1F)c1ccc(OCC(=O)NCc2ccc(Cl)cc2)cc1. The van der Waals surface area contributed by atoms with Gasteiger partial charge in [0, 0.05) is 17.1 Å². The molecular formula is C23H22ClFN2O4S. The van der Waals surface area contributed by atoms with Gasteiger partial charge in [-0.05, 0) is 48.0 Å². The second-order valence-electron chi connectivity index (χ2n) is 7.05. The van der Waals surface area contributed by atoms with E-state index in [1.807, 2.05) is 12.1 Å². The van der Waals surface area contributed by atoms with Crippen LogP contribution < -0.4 is 14.4 Å². The molecule has 0 aliphatic carbocycles. The van der Waals surface area contributed by atoms with E-state index in [2.05, 4.69) is 5.32 Å². The maximum atomic E-state index is 14.0. The third kappa shape index (κ3) is 6.70. The summed E-state index contributed by atoms with van der Waals surface area (Å²) in [6.07, 6.45) is 1.06. The fourth-order valence-corrected chi connectivity index (χ4v) is 3.90. The van der Waals surface area contributed by atoms with Gasteiger partial charge in [0.05, 0.1) is 18.5 Å².